The molecule has 3 rings (SSSR count). The van der Waals surface area contributed by atoms with Crippen molar-refractivity contribution in [3.05, 3.63) is 69.7 Å². The highest BCUT2D eigenvalue weighted by Gasteiger charge is 2.21. The minimum Gasteiger partial charge on any atom is -0.366 e. The normalized spacial score (nSPS) is 11.1. The molecule has 3 aromatic rings. The van der Waals surface area contributed by atoms with Gasteiger partial charge in [-0.15, -0.1) is 0 Å². The highest BCUT2D eigenvalue weighted by Crippen LogP contribution is 2.27. The Morgan fingerprint density at radius 1 is 1.10 bits per heavy atom. The second-order valence-electron chi connectivity index (χ2n) is 5.86. The number of aromatic nitrogens is 1. The number of amides is 2. The number of primary amides is 1. The SMILES string of the molecule is Cc1nc(NS(=O)(=O)c2ccc(Cl)cc2)sc1C(=O)Nc1ccccc1C(N)=O. The molecule has 150 valence electrons. The Bertz CT molecular complexity index is 1190. The fourth-order valence-electron chi connectivity index (χ4n) is 2.42. The van der Waals surface area contributed by atoms with Gasteiger partial charge in [0.05, 0.1) is 21.8 Å². The van der Waals surface area contributed by atoms with Crippen LogP contribution in [0.2, 0.25) is 5.02 Å². The minimum absolute atomic E-state index is 0.0103. The van der Waals surface area contributed by atoms with Crippen molar-refractivity contribution in [2.45, 2.75) is 11.8 Å². The van der Waals surface area contributed by atoms with Crippen LogP contribution in [-0.2, 0) is 10.0 Å². The molecule has 0 unspecified atom stereocenters. The zero-order valence-corrected chi connectivity index (χ0v) is 17.4. The van der Waals surface area contributed by atoms with Crippen LogP contribution in [0.25, 0.3) is 0 Å². The van der Waals surface area contributed by atoms with Crippen LogP contribution in [0.5, 0.6) is 0 Å². The number of nitrogens with zero attached hydrogens (tertiary/aromatic N) is 1. The summed E-state index contributed by atoms with van der Waals surface area (Å²) in [5.41, 5.74) is 6.05. The van der Waals surface area contributed by atoms with Crippen molar-refractivity contribution >= 4 is 55.6 Å². The lowest BCUT2D eigenvalue weighted by Gasteiger charge is -2.07. The second kappa shape index (κ2) is 8.19. The van der Waals surface area contributed by atoms with Gasteiger partial charge in [0.15, 0.2) is 5.13 Å². The Hall–Kier alpha value is -2.95. The summed E-state index contributed by atoms with van der Waals surface area (Å²) in [5.74, 6) is -1.22. The molecule has 0 atom stereocenters. The molecule has 0 bridgehead atoms. The van der Waals surface area contributed by atoms with Crippen LogP contribution < -0.4 is 15.8 Å². The Balaban J connectivity index is 1.82. The molecular weight excluding hydrogens is 436 g/mol. The molecule has 0 saturated carbocycles. The summed E-state index contributed by atoms with van der Waals surface area (Å²) in [6.07, 6.45) is 0. The predicted octanol–water partition coefficient (Wildman–Crippen LogP) is 3.26. The van der Waals surface area contributed by atoms with E-state index in [1.165, 1.54) is 30.3 Å². The van der Waals surface area contributed by atoms with Gasteiger partial charge in [-0.25, -0.2) is 13.4 Å². The Morgan fingerprint density at radius 3 is 2.41 bits per heavy atom. The van der Waals surface area contributed by atoms with E-state index in [0.29, 0.717) is 10.7 Å². The van der Waals surface area contributed by atoms with Gasteiger partial charge in [0, 0.05) is 5.02 Å². The third-order valence-electron chi connectivity index (χ3n) is 3.79. The van der Waals surface area contributed by atoms with Gasteiger partial charge in [-0.1, -0.05) is 35.1 Å². The topological polar surface area (TPSA) is 131 Å². The van der Waals surface area contributed by atoms with Gasteiger partial charge in [-0.3, -0.25) is 14.3 Å². The maximum Gasteiger partial charge on any atom is 0.267 e. The van der Waals surface area contributed by atoms with Crippen LogP contribution in [0.4, 0.5) is 10.8 Å². The van der Waals surface area contributed by atoms with Crippen LogP contribution in [0.15, 0.2) is 53.4 Å². The summed E-state index contributed by atoms with van der Waals surface area (Å²) in [6, 6.07) is 11.9. The monoisotopic (exact) mass is 450 g/mol. The molecule has 2 aromatic carbocycles. The maximum atomic E-state index is 12.6. The number of hydrogen-bond donors (Lipinski definition) is 3. The molecule has 29 heavy (non-hydrogen) atoms. The van der Waals surface area contributed by atoms with E-state index < -0.39 is 21.8 Å². The number of sulfonamides is 1. The fraction of sp³-hybridized carbons (Fsp3) is 0.0556. The van der Waals surface area contributed by atoms with Crippen molar-refractivity contribution in [3.63, 3.8) is 0 Å². The number of para-hydroxylation sites is 1. The van der Waals surface area contributed by atoms with E-state index >= 15 is 0 Å². The summed E-state index contributed by atoms with van der Waals surface area (Å²) >= 11 is 6.65. The first kappa shape index (κ1) is 20.8. The van der Waals surface area contributed by atoms with Gasteiger partial charge in [-0.05, 0) is 43.3 Å². The third kappa shape index (κ3) is 4.73. The number of rotatable bonds is 6. The molecule has 0 radical (unpaired) electrons. The van der Waals surface area contributed by atoms with E-state index in [-0.39, 0.29) is 26.2 Å². The predicted molar refractivity (Wildman–Crippen MR) is 112 cm³/mol. The quantitative estimate of drug-likeness (QED) is 0.530. The van der Waals surface area contributed by atoms with Crippen LogP contribution >= 0.6 is 22.9 Å². The largest absolute Gasteiger partial charge is 0.366 e. The van der Waals surface area contributed by atoms with Gasteiger partial charge in [-0.2, -0.15) is 0 Å². The van der Waals surface area contributed by atoms with Crippen LogP contribution in [0.1, 0.15) is 25.7 Å². The number of thiazole rings is 1. The summed E-state index contributed by atoms with van der Waals surface area (Å²) in [6.45, 7) is 1.57. The number of carbonyl (C=O) groups is 2. The summed E-state index contributed by atoms with van der Waals surface area (Å²) in [5, 5.41) is 3.04. The number of nitrogens with two attached hydrogens (primary N) is 1. The van der Waals surface area contributed by atoms with E-state index in [0.717, 1.165) is 11.3 Å². The summed E-state index contributed by atoms with van der Waals surface area (Å²) in [7, 11) is -3.89. The Kier molecular flexibility index (Phi) is 5.87. The molecular formula is C18H15ClN4O4S2. The zero-order chi connectivity index (χ0) is 21.2. The highest BCUT2D eigenvalue weighted by molar-refractivity contribution is 7.93. The molecule has 0 saturated heterocycles. The van der Waals surface area contributed by atoms with Gasteiger partial charge in [0.1, 0.15) is 4.88 Å². The number of halogens is 1. The van der Waals surface area contributed by atoms with Crippen molar-refractivity contribution in [1.29, 1.82) is 0 Å². The number of benzene rings is 2. The number of hydrogen-bond acceptors (Lipinski definition) is 6. The molecule has 0 fully saturated rings. The molecule has 0 aliphatic carbocycles. The molecule has 0 spiro atoms. The van der Waals surface area contributed by atoms with Crippen LogP contribution in [0.3, 0.4) is 0 Å². The second-order valence-corrected chi connectivity index (χ2v) is 8.97. The molecule has 0 aliphatic rings. The van der Waals surface area contributed by atoms with E-state index in [4.69, 9.17) is 17.3 Å². The van der Waals surface area contributed by atoms with E-state index in [9.17, 15) is 18.0 Å². The average molecular weight is 451 g/mol. The number of carbonyl (C=O) groups excluding carboxylic acids is 2. The zero-order valence-electron chi connectivity index (χ0n) is 15.0. The molecule has 2 amide bonds. The molecule has 11 heteroatoms. The van der Waals surface area contributed by atoms with Gasteiger partial charge >= 0.3 is 0 Å². The van der Waals surface area contributed by atoms with E-state index in [1.807, 2.05) is 0 Å². The first-order valence-electron chi connectivity index (χ1n) is 8.13. The van der Waals surface area contributed by atoms with Crippen LogP contribution in [-0.4, -0.2) is 25.2 Å². The standard InChI is InChI=1S/C18H15ClN4O4S2/c1-10-15(17(25)22-14-5-3-2-4-13(14)16(20)24)28-18(21-10)23-29(26,27)12-8-6-11(19)7-9-12/h2-9H,1H3,(H2,20,24)(H,21,23)(H,22,25). The number of nitrogens with one attached hydrogen (secondary N) is 2. The molecule has 8 nitrogen and oxygen atoms in total. The molecule has 0 aliphatic heterocycles. The van der Waals surface area contributed by atoms with Gasteiger partial charge in [0.25, 0.3) is 21.8 Å². The lowest BCUT2D eigenvalue weighted by atomic mass is 10.1. The lowest BCUT2D eigenvalue weighted by Crippen LogP contribution is -2.18. The average Bonchev–Trinajstić information content (AvgIpc) is 3.02. The minimum atomic E-state index is -3.89. The van der Waals surface area contributed by atoms with Gasteiger partial charge in [0.2, 0.25) is 0 Å². The van der Waals surface area contributed by atoms with Crippen molar-refractivity contribution in [2.75, 3.05) is 10.0 Å². The van der Waals surface area contributed by atoms with Crippen molar-refractivity contribution in [3.8, 4) is 0 Å². The number of anilines is 2. The lowest BCUT2D eigenvalue weighted by molar-refractivity contribution is 0.100. The highest BCUT2D eigenvalue weighted by atomic mass is 35.5. The first-order valence-corrected chi connectivity index (χ1v) is 10.8. The fourth-order valence-corrected chi connectivity index (χ4v) is 4.65. The smallest absolute Gasteiger partial charge is 0.267 e. The molecule has 1 aromatic heterocycles. The summed E-state index contributed by atoms with van der Waals surface area (Å²) in [4.78, 5) is 28.4. The first-order chi connectivity index (χ1) is 13.7. The van der Waals surface area contributed by atoms with Crippen molar-refractivity contribution < 1.29 is 18.0 Å². The van der Waals surface area contributed by atoms with Crippen LogP contribution in [0, 0.1) is 6.92 Å². The molecule has 4 N–H and O–H groups in total. The molecule has 1 heterocycles. The summed E-state index contributed by atoms with van der Waals surface area (Å²) < 4.78 is 27.3. The number of aryl methyl sites for hydroxylation is 1. The third-order valence-corrected chi connectivity index (χ3v) is 6.60. The maximum absolute atomic E-state index is 12.6. The van der Waals surface area contributed by atoms with Crippen molar-refractivity contribution in [2.24, 2.45) is 5.73 Å². The van der Waals surface area contributed by atoms with Gasteiger partial charge < -0.3 is 11.1 Å². The van der Waals surface area contributed by atoms with Crippen molar-refractivity contribution in [1.82, 2.24) is 4.98 Å². The van der Waals surface area contributed by atoms with E-state index in [2.05, 4.69) is 15.0 Å². The van der Waals surface area contributed by atoms with E-state index in [1.54, 1.807) is 25.1 Å². The Labute approximate surface area is 175 Å². The Morgan fingerprint density at radius 2 is 1.76 bits per heavy atom.